The summed E-state index contributed by atoms with van der Waals surface area (Å²) < 4.78 is 0. The Morgan fingerprint density at radius 3 is 2.16 bits per heavy atom. The molecule has 0 spiro atoms. The van der Waals surface area contributed by atoms with Crippen LogP contribution in [-0.2, 0) is 24.0 Å². The Kier molecular flexibility index (Phi) is 14.6. The monoisotopic (exact) mass is 706 g/mol. The molecule has 0 bridgehead atoms. The summed E-state index contributed by atoms with van der Waals surface area (Å²) in [5, 5.41) is 2.97. The van der Waals surface area contributed by atoms with Crippen LogP contribution in [0.5, 0.6) is 0 Å². The van der Waals surface area contributed by atoms with Gasteiger partial charge in [-0.2, -0.15) is 0 Å². The molecule has 0 aromatic carbocycles. The van der Waals surface area contributed by atoms with Crippen LogP contribution in [0.3, 0.4) is 0 Å². The predicted octanol–water partition coefficient (Wildman–Crippen LogP) is 6.74. The van der Waals surface area contributed by atoms with Gasteiger partial charge in [0.05, 0.1) is 18.3 Å². The van der Waals surface area contributed by atoms with Crippen molar-refractivity contribution in [2.75, 3.05) is 6.54 Å². The Morgan fingerprint density at radius 1 is 0.902 bits per heavy atom. The van der Waals surface area contributed by atoms with Crippen molar-refractivity contribution in [3.8, 4) is 0 Å². The van der Waals surface area contributed by atoms with E-state index in [-0.39, 0.29) is 71.9 Å². The van der Waals surface area contributed by atoms with Gasteiger partial charge in [-0.25, -0.2) is 4.98 Å². The number of carbonyl (C=O) groups excluding carboxylic acids is 6. The van der Waals surface area contributed by atoms with Crippen molar-refractivity contribution < 1.29 is 28.8 Å². The number of ketones is 4. The minimum atomic E-state index is -0.764. The molecule has 10 nitrogen and oxygen atoms in total. The first-order valence-electron chi connectivity index (χ1n) is 19.8. The van der Waals surface area contributed by atoms with Crippen LogP contribution in [-0.4, -0.2) is 68.4 Å². The van der Waals surface area contributed by atoms with Crippen molar-refractivity contribution in [3.63, 3.8) is 0 Å². The standard InChI is InChI=1S/C41H62N4O6/c1-7-13-29(38(49)35(48)22-26-16-17-26)23-34(47)37-30(27(8-2)9-3)18-21-45(37)40(51)31(41(4,5)6)24-33(46)36(28-14-11-10-12-15-28)44-39(50)32-25-42-19-20-43-32/h19-20,25-31,36-37H,7-18,21-24H2,1-6H3,(H,44,50)/t29-,30-,31-,36+,37+/m1/s1. The molecule has 4 rings (SSSR count). The highest BCUT2D eigenvalue weighted by molar-refractivity contribution is 6.38. The lowest BCUT2D eigenvalue weighted by Gasteiger charge is -2.38. The Balaban J connectivity index is 1.60. The molecule has 1 aromatic heterocycles. The average molecular weight is 707 g/mol. The zero-order valence-electron chi connectivity index (χ0n) is 32.0. The fourth-order valence-corrected chi connectivity index (χ4v) is 8.67. The smallest absolute Gasteiger partial charge is 0.272 e. The maximum Gasteiger partial charge on any atom is 0.272 e. The van der Waals surface area contributed by atoms with Crippen molar-refractivity contribution in [2.24, 2.45) is 40.9 Å². The first-order chi connectivity index (χ1) is 24.3. The SMILES string of the molecule is CCC[C@H](CC(=O)[C@@H]1[C@@H](C(CC)CC)CCN1C(=O)[C@@H](CC(=O)[C@@H](NC(=O)c1cnccn1)C1CCCCC1)C(C)(C)C)C(=O)C(=O)CC1CC1. The van der Waals surface area contributed by atoms with E-state index in [0.717, 1.165) is 57.8 Å². The molecule has 2 saturated carbocycles. The second-order valence-electron chi connectivity index (χ2n) is 16.6. The van der Waals surface area contributed by atoms with Crippen LogP contribution in [0.15, 0.2) is 18.6 Å². The quantitative estimate of drug-likeness (QED) is 0.156. The molecule has 0 radical (unpaired) electrons. The van der Waals surface area contributed by atoms with Crippen LogP contribution in [0.4, 0.5) is 0 Å². The Morgan fingerprint density at radius 2 is 1.59 bits per heavy atom. The molecule has 1 aliphatic heterocycles. The van der Waals surface area contributed by atoms with Gasteiger partial charge in [-0.15, -0.1) is 0 Å². The zero-order valence-corrected chi connectivity index (χ0v) is 32.0. The third kappa shape index (κ3) is 10.6. The molecule has 2 heterocycles. The lowest BCUT2D eigenvalue weighted by Crippen LogP contribution is -2.52. The van der Waals surface area contributed by atoms with Gasteiger partial charge in [0.15, 0.2) is 17.3 Å². The van der Waals surface area contributed by atoms with Crippen molar-refractivity contribution in [1.82, 2.24) is 20.2 Å². The molecule has 1 N–H and O–H groups in total. The van der Waals surface area contributed by atoms with Gasteiger partial charge in [0, 0.05) is 50.0 Å². The Labute approximate surface area is 305 Å². The predicted molar refractivity (Wildman–Crippen MR) is 195 cm³/mol. The zero-order chi connectivity index (χ0) is 37.3. The minimum Gasteiger partial charge on any atom is -0.341 e. The van der Waals surface area contributed by atoms with E-state index in [9.17, 15) is 28.8 Å². The highest BCUT2D eigenvalue weighted by Crippen LogP contribution is 2.41. The first kappa shape index (κ1) is 40.5. The molecule has 10 heteroatoms. The molecule has 1 saturated heterocycles. The molecule has 282 valence electrons. The van der Waals surface area contributed by atoms with Gasteiger partial charge in [-0.05, 0) is 67.6 Å². The second kappa shape index (κ2) is 18.5. The van der Waals surface area contributed by atoms with Crippen LogP contribution in [0.2, 0.25) is 0 Å². The lowest BCUT2D eigenvalue weighted by molar-refractivity contribution is -0.148. The molecule has 51 heavy (non-hydrogen) atoms. The number of hydrogen-bond acceptors (Lipinski definition) is 8. The second-order valence-corrected chi connectivity index (χ2v) is 16.6. The van der Waals surface area contributed by atoms with Crippen LogP contribution >= 0.6 is 0 Å². The maximum atomic E-state index is 14.8. The van der Waals surface area contributed by atoms with Crippen LogP contribution in [0, 0.1) is 40.9 Å². The fraction of sp³-hybridized carbons (Fsp3) is 0.756. The molecule has 5 atom stereocenters. The number of carbonyl (C=O) groups is 6. The summed E-state index contributed by atoms with van der Waals surface area (Å²) in [6, 6.07) is -1.47. The number of nitrogens with one attached hydrogen (secondary N) is 1. The van der Waals surface area contributed by atoms with E-state index in [1.807, 2.05) is 27.7 Å². The van der Waals surface area contributed by atoms with E-state index >= 15 is 0 Å². The van der Waals surface area contributed by atoms with Gasteiger partial charge in [-0.3, -0.25) is 33.8 Å². The fourth-order valence-electron chi connectivity index (χ4n) is 8.67. The van der Waals surface area contributed by atoms with E-state index in [1.165, 1.54) is 18.6 Å². The van der Waals surface area contributed by atoms with Gasteiger partial charge in [-0.1, -0.05) is 80.1 Å². The topological polar surface area (TPSA) is 143 Å². The van der Waals surface area contributed by atoms with Gasteiger partial charge < -0.3 is 10.2 Å². The summed E-state index contributed by atoms with van der Waals surface area (Å²) in [5.41, 5.74) is -0.482. The van der Waals surface area contributed by atoms with Crippen LogP contribution in [0.25, 0.3) is 0 Å². The number of Topliss-reactive ketones (excluding diaryl/α,β-unsaturated/α-hetero) is 4. The van der Waals surface area contributed by atoms with Crippen molar-refractivity contribution in [1.29, 1.82) is 0 Å². The number of amides is 2. The molecule has 3 aliphatic rings. The van der Waals surface area contributed by atoms with E-state index in [2.05, 4.69) is 29.1 Å². The van der Waals surface area contributed by atoms with Crippen molar-refractivity contribution >= 4 is 34.9 Å². The summed E-state index contributed by atoms with van der Waals surface area (Å²) in [4.78, 5) is 92.9. The van der Waals surface area contributed by atoms with E-state index in [4.69, 9.17) is 0 Å². The molecule has 0 unspecified atom stereocenters. The van der Waals surface area contributed by atoms with Crippen molar-refractivity contribution in [2.45, 2.75) is 150 Å². The highest BCUT2D eigenvalue weighted by atomic mass is 16.2. The molecule has 1 aromatic rings. The van der Waals surface area contributed by atoms with E-state index < -0.39 is 41.0 Å². The van der Waals surface area contributed by atoms with Gasteiger partial charge in [0.2, 0.25) is 11.7 Å². The van der Waals surface area contributed by atoms with Crippen LogP contribution in [0.1, 0.15) is 148 Å². The van der Waals surface area contributed by atoms with E-state index in [1.54, 1.807) is 4.90 Å². The van der Waals surface area contributed by atoms with Gasteiger partial charge in [0.1, 0.15) is 5.69 Å². The molecular weight excluding hydrogens is 644 g/mol. The first-order valence-corrected chi connectivity index (χ1v) is 19.8. The molecule has 2 amide bonds. The number of rotatable bonds is 19. The van der Waals surface area contributed by atoms with E-state index in [0.29, 0.717) is 25.8 Å². The van der Waals surface area contributed by atoms with Gasteiger partial charge >= 0.3 is 0 Å². The average Bonchev–Trinajstić information content (AvgIpc) is 3.83. The normalized spacial score (nSPS) is 21.6. The summed E-state index contributed by atoms with van der Waals surface area (Å²) >= 11 is 0. The molecule has 2 aliphatic carbocycles. The maximum absolute atomic E-state index is 14.8. The minimum absolute atomic E-state index is 0.0430. The van der Waals surface area contributed by atoms with Gasteiger partial charge in [0.25, 0.3) is 5.91 Å². The van der Waals surface area contributed by atoms with Crippen molar-refractivity contribution in [3.05, 3.63) is 24.3 Å². The third-order valence-electron chi connectivity index (χ3n) is 11.9. The van der Waals surface area contributed by atoms with Crippen LogP contribution < -0.4 is 5.32 Å². The summed E-state index contributed by atoms with van der Waals surface area (Å²) in [6.45, 7) is 12.4. The third-order valence-corrected chi connectivity index (χ3v) is 11.9. The largest absolute Gasteiger partial charge is 0.341 e. The Bertz CT molecular complexity index is 1380. The Hall–Kier alpha value is -3.30. The molecule has 3 fully saturated rings. The summed E-state index contributed by atoms with van der Waals surface area (Å²) in [7, 11) is 0. The summed E-state index contributed by atoms with van der Waals surface area (Å²) in [5.74, 6) is -2.85. The lowest BCUT2D eigenvalue weighted by atomic mass is 9.73. The number of aromatic nitrogens is 2. The number of nitrogens with zero attached hydrogens (tertiary/aromatic N) is 3. The summed E-state index contributed by atoms with van der Waals surface area (Å²) in [6.07, 6.45) is 14.6. The number of likely N-dealkylation sites (tertiary alicyclic amines) is 1. The molecular formula is C41H62N4O6. The number of hydrogen-bond donors (Lipinski definition) is 1. The highest BCUT2D eigenvalue weighted by Gasteiger charge is 2.49.